The van der Waals surface area contributed by atoms with Crippen LogP contribution in [-0.4, -0.2) is 35.7 Å². The van der Waals surface area contributed by atoms with Gasteiger partial charge in [-0.05, 0) is 50.5 Å². The third kappa shape index (κ3) is 3.33. The van der Waals surface area contributed by atoms with Crippen molar-refractivity contribution in [2.45, 2.75) is 45.3 Å². The highest BCUT2D eigenvalue weighted by Gasteiger charge is 2.42. The normalized spacial score (nSPS) is 30.3. The molecule has 1 heterocycles. The largest absolute Gasteiger partial charge is 0.475 e. The van der Waals surface area contributed by atoms with Crippen LogP contribution in [-0.2, 0) is 14.3 Å². The van der Waals surface area contributed by atoms with E-state index in [9.17, 15) is 9.90 Å². The van der Waals surface area contributed by atoms with Gasteiger partial charge in [-0.25, -0.2) is 4.79 Å². The lowest BCUT2D eigenvalue weighted by Gasteiger charge is -2.42. The van der Waals surface area contributed by atoms with E-state index in [4.69, 9.17) is 14.6 Å². The fraction of sp³-hybridized carbons (Fsp3) is 0.800. The van der Waals surface area contributed by atoms with Crippen LogP contribution in [0.5, 0.6) is 0 Å². The smallest absolute Gasteiger partial charge is 0.370 e. The zero-order valence-corrected chi connectivity index (χ0v) is 12.0. The number of carboxylic acid groups (broad SMARTS) is 1. The molecule has 0 aromatic carbocycles. The molecule has 0 aromatic rings. The zero-order chi connectivity index (χ0) is 14.5. The third-order valence-corrected chi connectivity index (χ3v) is 4.36. The zero-order valence-electron chi connectivity index (χ0n) is 12.0. The summed E-state index contributed by atoms with van der Waals surface area (Å²) in [4.78, 5) is 11.2. The summed E-state index contributed by atoms with van der Waals surface area (Å²) in [6.45, 7) is 2.51. The van der Waals surface area contributed by atoms with Crippen LogP contribution in [0.1, 0.15) is 39.0 Å². The number of aliphatic hydroxyl groups is 1. The SMILES string of the molecule is CCO[C@H]1OC(C(=O)O)=C[C@@H](C2CCC2)[C@@H]1CCCO. The fourth-order valence-electron chi connectivity index (χ4n) is 3.14. The van der Waals surface area contributed by atoms with Crippen molar-refractivity contribution >= 4 is 5.97 Å². The average Bonchev–Trinajstić information content (AvgIpc) is 2.35. The first kappa shape index (κ1) is 15.3. The Labute approximate surface area is 119 Å². The Morgan fingerprint density at radius 3 is 2.75 bits per heavy atom. The van der Waals surface area contributed by atoms with Crippen molar-refractivity contribution in [2.24, 2.45) is 17.8 Å². The van der Waals surface area contributed by atoms with Gasteiger partial charge in [-0.2, -0.15) is 0 Å². The number of ether oxygens (including phenoxy) is 2. The number of rotatable bonds is 7. The van der Waals surface area contributed by atoms with E-state index in [1.54, 1.807) is 6.08 Å². The molecule has 2 N–H and O–H groups in total. The Kier molecular flexibility index (Phi) is 5.43. The van der Waals surface area contributed by atoms with Gasteiger partial charge in [0.25, 0.3) is 0 Å². The molecule has 5 nitrogen and oxygen atoms in total. The van der Waals surface area contributed by atoms with Crippen molar-refractivity contribution in [3.05, 3.63) is 11.8 Å². The topological polar surface area (TPSA) is 76.0 Å². The van der Waals surface area contributed by atoms with Gasteiger partial charge in [-0.15, -0.1) is 0 Å². The van der Waals surface area contributed by atoms with E-state index in [1.807, 2.05) is 6.92 Å². The van der Waals surface area contributed by atoms with Crippen molar-refractivity contribution in [1.82, 2.24) is 0 Å². The lowest BCUT2D eigenvalue weighted by molar-refractivity contribution is -0.183. The van der Waals surface area contributed by atoms with Gasteiger partial charge in [0.05, 0.1) is 0 Å². The first-order valence-corrected chi connectivity index (χ1v) is 7.51. The molecule has 5 heteroatoms. The number of carbonyl (C=O) groups is 1. The second-order valence-corrected chi connectivity index (χ2v) is 5.58. The standard InChI is InChI=1S/C15H24O5/c1-2-19-15-11(7-4-8-16)12(10-5-3-6-10)9-13(20-15)14(17)18/h9-12,15-16H,2-8H2,1H3,(H,17,18)/t11-,12-,15-/m0/s1. The minimum absolute atomic E-state index is 0.0144. The lowest BCUT2D eigenvalue weighted by atomic mass is 9.68. The number of aliphatic hydroxyl groups excluding tert-OH is 1. The van der Waals surface area contributed by atoms with E-state index in [0.29, 0.717) is 18.9 Å². The van der Waals surface area contributed by atoms with Gasteiger partial charge in [0, 0.05) is 19.1 Å². The summed E-state index contributed by atoms with van der Waals surface area (Å²) in [6.07, 6.45) is 6.25. The molecular weight excluding hydrogens is 260 g/mol. The maximum Gasteiger partial charge on any atom is 0.370 e. The second-order valence-electron chi connectivity index (χ2n) is 5.58. The Morgan fingerprint density at radius 1 is 1.50 bits per heavy atom. The van der Waals surface area contributed by atoms with Crippen LogP contribution in [0.4, 0.5) is 0 Å². The minimum Gasteiger partial charge on any atom is -0.475 e. The number of aliphatic carboxylic acids is 1. The molecule has 0 unspecified atom stereocenters. The molecule has 114 valence electrons. The molecule has 0 radical (unpaired) electrons. The summed E-state index contributed by atoms with van der Waals surface area (Å²) < 4.78 is 11.1. The summed E-state index contributed by atoms with van der Waals surface area (Å²) in [6, 6.07) is 0. The van der Waals surface area contributed by atoms with Gasteiger partial charge in [0.15, 0.2) is 0 Å². The molecule has 0 spiro atoms. The van der Waals surface area contributed by atoms with Crippen molar-refractivity contribution in [1.29, 1.82) is 0 Å². The summed E-state index contributed by atoms with van der Waals surface area (Å²) in [5, 5.41) is 18.2. The van der Waals surface area contributed by atoms with Crippen LogP contribution in [0.3, 0.4) is 0 Å². The molecule has 1 aliphatic heterocycles. The molecule has 1 saturated carbocycles. The van der Waals surface area contributed by atoms with E-state index in [2.05, 4.69) is 0 Å². The van der Waals surface area contributed by atoms with Crippen LogP contribution < -0.4 is 0 Å². The molecule has 0 bridgehead atoms. The lowest BCUT2D eigenvalue weighted by Crippen LogP contribution is -2.41. The van der Waals surface area contributed by atoms with Gasteiger partial charge < -0.3 is 19.7 Å². The average molecular weight is 284 g/mol. The van der Waals surface area contributed by atoms with Crippen LogP contribution in [0.2, 0.25) is 0 Å². The van der Waals surface area contributed by atoms with Crippen LogP contribution in [0, 0.1) is 17.8 Å². The fourth-order valence-corrected chi connectivity index (χ4v) is 3.14. The number of carboxylic acids is 1. The highest BCUT2D eigenvalue weighted by Crippen LogP contribution is 2.44. The Hall–Kier alpha value is -1.07. The van der Waals surface area contributed by atoms with Gasteiger partial charge in [0.2, 0.25) is 12.0 Å². The van der Waals surface area contributed by atoms with Crippen LogP contribution >= 0.6 is 0 Å². The Balaban J connectivity index is 2.18. The van der Waals surface area contributed by atoms with Gasteiger partial charge in [0.1, 0.15) is 0 Å². The number of allylic oxidation sites excluding steroid dienone is 1. The van der Waals surface area contributed by atoms with Crippen molar-refractivity contribution in [3.8, 4) is 0 Å². The van der Waals surface area contributed by atoms with E-state index in [0.717, 1.165) is 19.3 Å². The molecule has 0 saturated heterocycles. The van der Waals surface area contributed by atoms with E-state index in [1.165, 1.54) is 6.42 Å². The second kappa shape index (κ2) is 7.09. The summed E-state index contributed by atoms with van der Waals surface area (Å²) in [5.74, 6) is -0.165. The van der Waals surface area contributed by atoms with Crippen LogP contribution in [0.15, 0.2) is 11.8 Å². The Morgan fingerprint density at radius 2 is 2.25 bits per heavy atom. The number of hydrogen-bond donors (Lipinski definition) is 2. The van der Waals surface area contributed by atoms with Crippen molar-refractivity contribution < 1.29 is 24.5 Å². The minimum atomic E-state index is -1.03. The molecule has 3 atom stereocenters. The summed E-state index contributed by atoms with van der Waals surface area (Å²) in [7, 11) is 0. The highest BCUT2D eigenvalue weighted by atomic mass is 16.7. The molecule has 0 amide bonds. The number of hydrogen-bond acceptors (Lipinski definition) is 4. The van der Waals surface area contributed by atoms with Gasteiger partial charge in [-0.3, -0.25) is 0 Å². The quantitative estimate of drug-likeness (QED) is 0.749. The summed E-state index contributed by atoms with van der Waals surface area (Å²) >= 11 is 0. The van der Waals surface area contributed by atoms with Crippen molar-refractivity contribution in [2.75, 3.05) is 13.2 Å². The monoisotopic (exact) mass is 284 g/mol. The molecule has 1 fully saturated rings. The first-order valence-electron chi connectivity index (χ1n) is 7.51. The van der Waals surface area contributed by atoms with E-state index < -0.39 is 12.3 Å². The maximum atomic E-state index is 11.2. The molecule has 20 heavy (non-hydrogen) atoms. The van der Waals surface area contributed by atoms with Crippen LogP contribution in [0.25, 0.3) is 0 Å². The van der Waals surface area contributed by atoms with Crippen molar-refractivity contribution in [3.63, 3.8) is 0 Å². The molecule has 0 aromatic heterocycles. The molecular formula is C15H24O5. The third-order valence-electron chi connectivity index (χ3n) is 4.36. The molecule has 2 aliphatic rings. The van der Waals surface area contributed by atoms with Gasteiger partial charge in [-0.1, -0.05) is 6.42 Å². The highest BCUT2D eigenvalue weighted by molar-refractivity contribution is 5.84. The maximum absolute atomic E-state index is 11.2. The predicted molar refractivity (Wildman–Crippen MR) is 72.9 cm³/mol. The molecule has 1 aliphatic carbocycles. The van der Waals surface area contributed by atoms with E-state index in [-0.39, 0.29) is 24.2 Å². The predicted octanol–water partition coefficient (Wildman–Crippen LogP) is 2.15. The molecule has 2 rings (SSSR count). The van der Waals surface area contributed by atoms with E-state index >= 15 is 0 Å². The Bertz CT molecular complexity index is 361. The summed E-state index contributed by atoms with van der Waals surface area (Å²) in [5.41, 5.74) is 0. The first-order chi connectivity index (χ1) is 9.67. The van der Waals surface area contributed by atoms with Gasteiger partial charge >= 0.3 is 5.97 Å².